The Bertz CT molecular complexity index is 1130. The Hall–Kier alpha value is -3.08. The zero-order valence-electron chi connectivity index (χ0n) is 19.2. The summed E-state index contributed by atoms with van der Waals surface area (Å²) in [6, 6.07) is 3.70. The first-order valence-electron chi connectivity index (χ1n) is 11.0. The average molecular weight is 473 g/mol. The lowest BCUT2D eigenvalue weighted by molar-refractivity contribution is -0.143. The van der Waals surface area contributed by atoms with Crippen LogP contribution in [0.2, 0.25) is 0 Å². The van der Waals surface area contributed by atoms with Crippen LogP contribution in [0.15, 0.2) is 12.1 Å². The molecule has 0 saturated heterocycles. The van der Waals surface area contributed by atoms with Gasteiger partial charge < -0.3 is 14.6 Å². The number of aromatic nitrogens is 6. The summed E-state index contributed by atoms with van der Waals surface area (Å²) in [5.74, 6) is 0.567. The number of ether oxygens (including phenoxy) is 2. The lowest BCUT2D eigenvalue weighted by Crippen LogP contribution is -2.29. The fourth-order valence-corrected chi connectivity index (χ4v) is 4.51. The predicted molar refractivity (Wildman–Crippen MR) is 121 cm³/mol. The Kier molecular flexibility index (Phi) is 6.87. The van der Waals surface area contributed by atoms with Crippen molar-refractivity contribution >= 4 is 17.5 Å². The van der Waals surface area contributed by atoms with E-state index in [1.165, 1.54) is 11.5 Å². The fourth-order valence-electron chi connectivity index (χ4n) is 3.84. The van der Waals surface area contributed by atoms with Crippen LogP contribution < -0.4 is 9.47 Å². The van der Waals surface area contributed by atoms with E-state index < -0.39 is 5.97 Å². The molecule has 176 valence electrons. The molecule has 0 radical (unpaired) electrons. The molecule has 0 amide bonds. The Balaban J connectivity index is 1.47. The molecular formula is C22H28N6O4S. The van der Waals surface area contributed by atoms with Crippen molar-refractivity contribution in [3.8, 4) is 22.3 Å². The van der Waals surface area contributed by atoms with E-state index in [-0.39, 0.29) is 24.5 Å². The number of carboxylic acid groups (broad SMARTS) is 1. The summed E-state index contributed by atoms with van der Waals surface area (Å²) in [7, 11) is 1.81. The van der Waals surface area contributed by atoms with Crippen LogP contribution in [0.3, 0.4) is 0 Å². The topological polar surface area (TPSA) is 125 Å². The van der Waals surface area contributed by atoms with Gasteiger partial charge in [0.2, 0.25) is 0 Å². The number of hydrogen-bond acceptors (Lipinski definition) is 9. The van der Waals surface area contributed by atoms with E-state index in [1.54, 1.807) is 11.7 Å². The molecule has 0 aliphatic heterocycles. The van der Waals surface area contributed by atoms with E-state index in [0.29, 0.717) is 40.9 Å². The van der Waals surface area contributed by atoms with Gasteiger partial charge >= 0.3 is 5.97 Å². The zero-order valence-corrected chi connectivity index (χ0v) is 20.0. The van der Waals surface area contributed by atoms with Gasteiger partial charge in [0.15, 0.2) is 0 Å². The van der Waals surface area contributed by atoms with E-state index in [4.69, 9.17) is 9.47 Å². The zero-order chi connectivity index (χ0) is 23.5. The molecule has 10 nitrogen and oxygen atoms in total. The van der Waals surface area contributed by atoms with Gasteiger partial charge in [-0.3, -0.25) is 4.79 Å². The first-order valence-corrected chi connectivity index (χ1v) is 11.8. The molecule has 3 aromatic heterocycles. The second kappa shape index (κ2) is 9.82. The monoisotopic (exact) mass is 472 g/mol. The standard InChI is InChI=1S/C22H28N6O4S/c1-12(2)20-24-22(33-26-20)31-11-17-19(25-27-28(17)4)16-8-9-18(13(3)23-16)32-15-7-5-6-14(10-15)21(29)30/h8-9,12,14-15H,5-7,10-11H2,1-4H3,(H,29,30)/t14-,15-/m0/s1. The van der Waals surface area contributed by atoms with Crippen LogP contribution in [0.5, 0.6) is 10.9 Å². The molecule has 3 aromatic rings. The number of nitrogens with zero attached hydrogens (tertiary/aromatic N) is 6. The van der Waals surface area contributed by atoms with Crippen molar-refractivity contribution in [2.45, 2.75) is 65.1 Å². The van der Waals surface area contributed by atoms with Crippen LogP contribution in [0.1, 0.15) is 62.7 Å². The number of rotatable bonds is 8. The maximum absolute atomic E-state index is 11.3. The van der Waals surface area contributed by atoms with Crippen LogP contribution in [0, 0.1) is 12.8 Å². The third-order valence-corrected chi connectivity index (χ3v) is 6.41. The van der Waals surface area contributed by atoms with Crippen LogP contribution in [0.25, 0.3) is 11.4 Å². The summed E-state index contributed by atoms with van der Waals surface area (Å²) >= 11 is 1.23. The quantitative estimate of drug-likeness (QED) is 0.521. The highest BCUT2D eigenvalue weighted by molar-refractivity contribution is 7.07. The highest BCUT2D eigenvalue weighted by atomic mass is 32.1. The maximum atomic E-state index is 11.3. The normalized spacial score (nSPS) is 18.5. The van der Waals surface area contributed by atoms with Gasteiger partial charge in [0.25, 0.3) is 5.19 Å². The largest absolute Gasteiger partial charge is 0.489 e. The number of carbonyl (C=O) groups is 1. The molecule has 3 heterocycles. The number of hydrogen-bond donors (Lipinski definition) is 1. The van der Waals surface area contributed by atoms with Crippen molar-refractivity contribution in [2.24, 2.45) is 13.0 Å². The third kappa shape index (κ3) is 5.29. The van der Waals surface area contributed by atoms with E-state index in [0.717, 1.165) is 24.4 Å². The molecule has 1 N–H and O–H groups in total. The molecule has 1 aliphatic carbocycles. The van der Waals surface area contributed by atoms with E-state index in [9.17, 15) is 9.90 Å². The summed E-state index contributed by atoms with van der Waals surface area (Å²) in [6.45, 7) is 6.19. The number of aliphatic carboxylic acids is 1. The molecule has 1 aliphatic rings. The van der Waals surface area contributed by atoms with Gasteiger partial charge in [-0.25, -0.2) is 9.67 Å². The molecule has 33 heavy (non-hydrogen) atoms. The molecule has 11 heteroatoms. The number of aryl methyl sites for hydroxylation is 2. The first kappa shape index (κ1) is 23.1. The van der Waals surface area contributed by atoms with E-state index >= 15 is 0 Å². The molecule has 1 saturated carbocycles. The molecule has 2 atom stereocenters. The molecule has 4 rings (SSSR count). The number of carboxylic acids is 1. The van der Waals surface area contributed by atoms with Crippen molar-refractivity contribution in [2.75, 3.05) is 0 Å². The second-order valence-corrected chi connectivity index (χ2v) is 9.31. The molecule has 0 unspecified atom stereocenters. The van der Waals surface area contributed by atoms with Crippen LogP contribution in [-0.4, -0.2) is 46.5 Å². The van der Waals surface area contributed by atoms with Crippen LogP contribution >= 0.6 is 11.5 Å². The molecule has 1 fully saturated rings. The summed E-state index contributed by atoms with van der Waals surface area (Å²) in [4.78, 5) is 20.4. The lowest BCUT2D eigenvalue weighted by atomic mass is 9.87. The minimum atomic E-state index is -0.750. The summed E-state index contributed by atoms with van der Waals surface area (Å²) < 4.78 is 17.9. The fraction of sp³-hybridized carbons (Fsp3) is 0.545. The van der Waals surface area contributed by atoms with Crippen LogP contribution in [0.4, 0.5) is 0 Å². The Labute approximate surface area is 196 Å². The molecule has 0 bridgehead atoms. The van der Waals surface area contributed by atoms with Gasteiger partial charge in [-0.15, -0.1) is 5.10 Å². The SMILES string of the molecule is Cc1nc(-c2nnn(C)c2COc2nc(C(C)C)ns2)ccc1O[C@H]1CCC[C@H](C(=O)O)C1. The van der Waals surface area contributed by atoms with Gasteiger partial charge in [-0.05, 0) is 44.7 Å². The van der Waals surface area contributed by atoms with Crippen molar-refractivity contribution in [3.05, 3.63) is 29.3 Å². The Morgan fingerprint density at radius 3 is 2.82 bits per heavy atom. The minimum Gasteiger partial charge on any atom is -0.489 e. The maximum Gasteiger partial charge on any atom is 0.306 e. The number of pyridine rings is 1. The van der Waals surface area contributed by atoms with Crippen LogP contribution in [-0.2, 0) is 18.4 Å². The van der Waals surface area contributed by atoms with Gasteiger partial charge in [0, 0.05) is 24.5 Å². The molecule has 0 aromatic carbocycles. The van der Waals surface area contributed by atoms with E-state index in [1.807, 2.05) is 32.9 Å². The highest BCUT2D eigenvalue weighted by Gasteiger charge is 2.28. The Morgan fingerprint density at radius 2 is 2.12 bits per heavy atom. The van der Waals surface area contributed by atoms with Crippen molar-refractivity contribution in [1.29, 1.82) is 0 Å². The van der Waals surface area contributed by atoms with Crippen molar-refractivity contribution < 1.29 is 19.4 Å². The van der Waals surface area contributed by atoms with Crippen molar-refractivity contribution in [1.82, 2.24) is 29.3 Å². The smallest absolute Gasteiger partial charge is 0.306 e. The van der Waals surface area contributed by atoms with Gasteiger partial charge in [-0.2, -0.15) is 9.36 Å². The lowest BCUT2D eigenvalue weighted by Gasteiger charge is -2.27. The highest BCUT2D eigenvalue weighted by Crippen LogP contribution is 2.31. The van der Waals surface area contributed by atoms with Gasteiger partial charge in [-0.1, -0.05) is 19.1 Å². The average Bonchev–Trinajstić information content (AvgIpc) is 3.41. The predicted octanol–water partition coefficient (Wildman–Crippen LogP) is 3.76. The van der Waals surface area contributed by atoms with Gasteiger partial charge in [0.05, 0.1) is 23.4 Å². The first-order chi connectivity index (χ1) is 15.8. The van der Waals surface area contributed by atoms with Gasteiger partial charge in [0.1, 0.15) is 29.6 Å². The third-order valence-electron chi connectivity index (χ3n) is 5.76. The summed E-state index contributed by atoms with van der Waals surface area (Å²) in [6.07, 6.45) is 2.81. The van der Waals surface area contributed by atoms with E-state index in [2.05, 4.69) is 24.7 Å². The summed E-state index contributed by atoms with van der Waals surface area (Å²) in [5.41, 5.74) is 2.78. The minimum absolute atomic E-state index is 0.116. The Morgan fingerprint density at radius 1 is 1.30 bits per heavy atom. The molecule has 0 spiro atoms. The second-order valence-electron chi connectivity index (χ2n) is 8.59. The van der Waals surface area contributed by atoms with Crippen molar-refractivity contribution in [3.63, 3.8) is 0 Å². The molecular weight excluding hydrogens is 444 g/mol. The summed E-state index contributed by atoms with van der Waals surface area (Å²) in [5, 5.41) is 18.2.